The van der Waals surface area contributed by atoms with Gasteiger partial charge in [0.15, 0.2) is 0 Å². The molecular weight excluding hydrogens is 266 g/mol. The first kappa shape index (κ1) is 16.8. The maximum atomic E-state index is 3.69. The van der Waals surface area contributed by atoms with Gasteiger partial charge in [-0.15, -0.1) is 0 Å². The van der Waals surface area contributed by atoms with Crippen LogP contribution in [0, 0.1) is 0 Å². The van der Waals surface area contributed by atoms with Crippen LogP contribution in [0.3, 0.4) is 0 Å². The molecule has 0 radical (unpaired) electrons. The lowest BCUT2D eigenvalue weighted by atomic mass is 9.93. The van der Waals surface area contributed by atoms with Crippen molar-refractivity contribution in [1.82, 2.24) is 5.32 Å². The molecular formula is C21H29N. The van der Waals surface area contributed by atoms with Gasteiger partial charge in [-0.2, -0.15) is 0 Å². The Labute approximate surface area is 135 Å². The summed E-state index contributed by atoms with van der Waals surface area (Å²) in [6, 6.07) is 20.5. The van der Waals surface area contributed by atoms with Gasteiger partial charge in [-0.25, -0.2) is 0 Å². The SMILES string of the molecule is CC.CCc1cccc(C2CNC(Cc3ccccc3)C2)c1. The Hall–Kier alpha value is -1.60. The van der Waals surface area contributed by atoms with Gasteiger partial charge in [0.1, 0.15) is 0 Å². The van der Waals surface area contributed by atoms with Crippen molar-refractivity contribution in [3.8, 4) is 0 Å². The highest BCUT2D eigenvalue weighted by Gasteiger charge is 2.25. The van der Waals surface area contributed by atoms with E-state index in [0.717, 1.165) is 19.4 Å². The summed E-state index contributed by atoms with van der Waals surface area (Å²) < 4.78 is 0. The van der Waals surface area contributed by atoms with Crippen molar-refractivity contribution in [2.24, 2.45) is 0 Å². The van der Waals surface area contributed by atoms with Crippen molar-refractivity contribution in [2.45, 2.75) is 52.0 Å². The molecule has 2 unspecified atom stereocenters. The van der Waals surface area contributed by atoms with Crippen LogP contribution in [-0.4, -0.2) is 12.6 Å². The summed E-state index contributed by atoms with van der Waals surface area (Å²) in [5.41, 5.74) is 4.40. The van der Waals surface area contributed by atoms with Gasteiger partial charge >= 0.3 is 0 Å². The van der Waals surface area contributed by atoms with E-state index in [4.69, 9.17) is 0 Å². The highest BCUT2D eigenvalue weighted by molar-refractivity contribution is 5.28. The number of benzene rings is 2. The lowest BCUT2D eigenvalue weighted by Gasteiger charge is -2.12. The molecule has 1 heterocycles. The molecule has 0 saturated carbocycles. The number of hydrogen-bond donors (Lipinski definition) is 1. The normalized spacial score (nSPS) is 20.3. The van der Waals surface area contributed by atoms with Crippen LogP contribution in [0.4, 0.5) is 0 Å². The van der Waals surface area contributed by atoms with Gasteiger partial charge < -0.3 is 5.32 Å². The first-order chi connectivity index (χ1) is 10.8. The van der Waals surface area contributed by atoms with Gasteiger partial charge in [0.25, 0.3) is 0 Å². The Bertz CT molecular complexity index is 547. The summed E-state index contributed by atoms with van der Waals surface area (Å²) in [7, 11) is 0. The summed E-state index contributed by atoms with van der Waals surface area (Å²) >= 11 is 0. The average Bonchev–Trinajstić information content (AvgIpc) is 3.06. The van der Waals surface area contributed by atoms with Crippen molar-refractivity contribution in [3.63, 3.8) is 0 Å². The fourth-order valence-electron chi connectivity index (χ4n) is 3.19. The second-order valence-corrected chi connectivity index (χ2v) is 5.83. The highest BCUT2D eigenvalue weighted by atomic mass is 14.9. The second kappa shape index (κ2) is 8.75. The molecule has 1 aliphatic rings. The van der Waals surface area contributed by atoms with Crippen LogP contribution in [0.25, 0.3) is 0 Å². The number of hydrogen-bond acceptors (Lipinski definition) is 1. The molecule has 1 fully saturated rings. The molecule has 0 aromatic heterocycles. The zero-order valence-corrected chi connectivity index (χ0v) is 14.2. The fraction of sp³-hybridized carbons (Fsp3) is 0.429. The van der Waals surface area contributed by atoms with Gasteiger partial charge in [0.05, 0.1) is 0 Å². The predicted octanol–water partition coefficient (Wildman–Crippen LogP) is 4.96. The lowest BCUT2D eigenvalue weighted by Crippen LogP contribution is -2.23. The zero-order chi connectivity index (χ0) is 15.8. The Morgan fingerprint density at radius 2 is 1.68 bits per heavy atom. The Morgan fingerprint density at radius 1 is 0.955 bits per heavy atom. The van der Waals surface area contributed by atoms with E-state index in [2.05, 4.69) is 66.8 Å². The summed E-state index contributed by atoms with van der Waals surface area (Å²) in [5, 5.41) is 3.69. The highest BCUT2D eigenvalue weighted by Crippen LogP contribution is 2.27. The first-order valence-corrected chi connectivity index (χ1v) is 8.71. The van der Waals surface area contributed by atoms with Crippen LogP contribution in [0.5, 0.6) is 0 Å². The van der Waals surface area contributed by atoms with Crippen molar-refractivity contribution >= 4 is 0 Å². The van der Waals surface area contributed by atoms with Crippen LogP contribution in [0.2, 0.25) is 0 Å². The minimum absolute atomic E-state index is 0.618. The van der Waals surface area contributed by atoms with Crippen LogP contribution in [0.15, 0.2) is 54.6 Å². The average molecular weight is 295 g/mol. The van der Waals surface area contributed by atoms with Crippen molar-refractivity contribution < 1.29 is 0 Å². The summed E-state index contributed by atoms with van der Waals surface area (Å²) in [6.07, 6.45) is 3.52. The van der Waals surface area contributed by atoms with Crippen LogP contribution >= 0.6 is 0 Å². The van der Waals surface area contributed by atoms with Gasteiger partial charge in [0.2, 0.25) is 0 Å². The molecule has 1 nitrogen and oxygen atoms in total. The fourth-order valence-corrected chi connectivity index (χ4v) is 3.19. The minimum atomic E-state index is 0.618. The molecule has 22 heavy (non-hydrogen) atoms. The number of rotatable bonds is 4. The van der Waals surface area contributed by atoms with Crippen LogP contribution < -0.4 is 5.32 Å². The molecule has 1 heteroatoms. The monoisotopic (exact) mass is 295 g/mol. The van der Waals surface area contributed by atoms with Gasteiger partial charge in [-0.05, 0) is 41.9 Å². The summed E-state index contributed by atoms with van der Waals surface area (Å²) in [6.45, 7) is 7.34. The van der Waals surface area contributed by atoms with Gasteiger partial charge in [-0.1, -0.05) is 75.4 Å². The van der Waals surface area contributed by atoms with Gasteiger partial charge in [-0.3, -0.25) is 0 Å². The molecule has 1 N–H and O–H groups in total. The Balaban J connectivity index is 0.000000847. The van der Waals surface area contributed by atoms with Crippen LogP contribution in [-0.2, 0) is 12.8 Å². The first-order valence-electron chi connectivity index (χ1n) is 8.71. The third-order valence-electron chi connectivity index (χ3n) is 4.38. The molecule has 118 valence electrons. The van der Waals surface area contributed by atoms with E-state index in [1.807, 2.05) is 13.8 Å². The predicted molar refractivity (Wildman–Crippen MR) is 96.5 cm³/mol. The van der Waals surface area contributed by atoms with Crippen LogP contribution in [0.1, 0.15) is 49.8 Å². The quantitative estimate of drug-likeness (QED) is 0.840. The summed E-state index contributed by atoms with van der Waals surface area (Å²) in [5.74, 6) is 0.676. The van der Waals surface area contributed by atoms with E-state index in [0.29, 0.717) is 12.0 Å². The lowest BCUT2D eigenvalue weighted by molar-refractivity contribution is 0.598. The molecule has 2 aromatic carbocycles. The smallest absolute Gasteiger partial charge is 0.0114 e. The van der Waals surface area contributed by atoms with E-state index in [1.54, 1.807) is 0 Å². The van der Waals surface area contributed by atoms with E-state index in [-0.39, 0.29) is 0 Å². The molecule has 2 atom stereocenters. The van der Waals surface area contributed by atoms with Crippen molar-refractivity contribution in [1.29, 1.82) is 0 Å². The third-order valence-corrected chi connectivity index (χ3v) is 4.38. The molecule has 0 amide bonds. The van der Waals surface area contributed by atoms with E-state index >= 15 is 0 Å². The second-order valence-electron chi connectivity index (χ2n) is 5.83. The molecule has 0 aliphatic carbocycles. The third kappa shape index (κ3) is 4.45. The summed E-state index contributed by atoms with van der Waals surface area (Å²) in [4.78, 5) is 0. The maximum absolute atomic E-state index is 3.69. The molecule has 0 spiro atoms. The topological polar surface area (TPSA) is 12.0 Å². The molecule has 0 bridgehead atoms. The largest absolute Gasteiger partial charge is 0.313 e. The Kier molecular flexibility index (Phi) is 6.67. The zero-order valence-electron chi connectivity index (χ0n) is 14.2. The van der Waals surface area contributed by atoms with Crippen molar-refractivity contribution in [2.75, 3.05) is 6.54 Å². The van der Waals surface area contributed by atoms with E-state index in [1.165, 1.54) is 23.1 Å². The minimum Gasteiger partial charge on any atom is -0.313 e. The molecule has 3 rings (SSSR count). The van der Waals surface area contributed by atoms with Crippen molar-refractivity contribution in [3.05, 3.63) is 71.3 Å². The maximum Gasteiger partial charge on any atom is 0.0114 e. The Morgan fingerprint density at radius 3 is 2.41 bits per heavy atom. The number of aryl methyl sites for hydroxylation is 1. The molecule has 1 saturated heterocycles. The van der Waals surface area contributed by atoms with E-state index < -0.39 is 0 Å². The van der Waals surface area contributed by atoms with E-state index in [9.17, 15) is 0 Å². The molecule has 1 aliphatic heterocycles. The number of nitrogens with one attached hydrogen (secondary N) is 1. The van der Waals surface area contributed by atoms with Gasteiger partial charge in [0, 0.05) is 12.6 Å². The molecule has 2 aromatic rings. The standard InChI is InChI=1S/C19H23N.C2H6/c1-2-15-9-6-10-17(11-15)18-13-19(20-14-18)12-16-7-4-3-5-8-16;1-2/h3-11,18-20H,2,12-14H2,1H3;1-2H3.